The summed E-state index contributed by atoms with van der Waals surface area (Å²) in [5.41, 5.74) is 2.57. The van der Waals surface area contributed by atoms with Gasteiger partial charge in [-0.15, -0.1) is 0 Å². The molecule has 0 aromatic heterocycles. The van der Waals surface area contributed by atoms with Gasteiger partial charge in [0.1, 0.15) is 0 Å². The Balaban J connectivity index is 2.06. The lowest BCUT2D eigenvalue weighted by atomic mass is 9.96. The summed E-state index contributed by atoms with van der Waals surface area (Å²) in [6.45, 7) is 0. The molecule has 0 spiro atoms. The molecule has 3 aromatic carbocycles. The maximum atomic E-state index is 3.52. The van der Waals surface area contributed by atoms with E-state index in [2.05, 4.69) is 81.9 Å². The van der Waals surface area contributed by atoms with Crippen molar-refractivity contribution in [3.63, 3.8) is 0 Å². The van der Waals surface area contributed by atoms with Crippen molar-refractivity contribution in [2.24, 2.45) is 0 Å². The van der Waals surface area contributed by atoms with Crippen LogP contribution in [0.3, 0.4) is 0 Å². The number of hydrogen-bond donors (Lipinski definition) is 1. The molecule has 2 heteroatoms. The van der Waals surface area contributed by atoms with Crippen molar-refractivity contribution in [3.8, 4) is 0 Å². The molecule has 1 unspecified atom stereocenters. The fourth-order valence-corrected chi connectivity index (χ4v) is 2.96. The number of hydrogen-bond acceptors (Lipinski definition) is 1. The second-order valence-electron chi connectivity index (χ2n) is 4.88. The summed E-state index contributed by atoms with van der Waals surface area (Å²) in [5.74, 6) is 0. The van der Waals surface area contributed by atoms with Crippen LogP contribution in [0.5, 0.6) is 0 Å². The maximum absolute atomic E-state index is 3.52. The standard InChI is InChI=1S/C18H16BrN/c1-20-18(13-5-3-2-4-6-13)16-8-7-15-12-17(19)10-9-14(15)11-16/h2-12,18,20H,1H3. The SMILES string of the molecule is CNC(c1ccccc1)c1ccc2cc(Br)ccc2c1. The van der Waals surface area contributed by atoms with Crippen LogP contribution in [0, 0.1) is 0 Å². The molecule has 0 radical (unpaired) electrons. The topological polar surface area (TPSA) is 12.0 Å². The number of rotatable bonds is 3. The molecule has 0 aliphatic carbocycles. The number of nitrogens with one attached hydrogen (secondary N) is 1. The van der Waals surface area contributed by atoms with E-state index in [0.29, 0.717) is 0 Å². The molecule has 20 heavy (non-hydrogen) atoms. The highest BCUT2D eigenvalue weighted by atomic mass is 79.9. The first-order valence-corrected chi connectivity index (χ1v) is 7.48. The van der Waals surface area contributed by atoms with Crippen LogP contribution >= 0.6 is 15.9 Å². The Kier molecular flexibility index (Phi) is 3.86. The minimum atomic E-state index is 0.226. The van der Waals surface area contributed by atoms with E-state index in [1.54, 1.807) is 0 Å². The summed E-state index contributed by atoms with van der Waals surface area (Å²) >= 11 is 3.52. The van der Waals surface area contributed by atoms with Crippen LogP contribution in [0.4, 0.5) is 0 Å². The zero-order chi connectivity index (χ0) is 13.9. The molecule has 3 rings (SSSR count). The largest absolute Gasteiger partial charge is 0.309 e. The van der Waals surface area contributed by atoms with Gasteiger partial charge in [-0.1, -0.05) is 64.5 Å². The van der Waals surface area contributed by atoms with Crippen LogP contribution in [-0.4, -0.2) is 7.05 Å². The second kappa shape index (κ2) is 5.78. The fourth-order valence-electron chi connectivity index (χ4n) is 2.59. The van der Waals surface area contributed by atoms with E-state index < -0.39 is 0 Å². The predicted molar refractivity (Wildman–Crippen MR) is 89.0 cm³/mol. The van der Waals surface area contributed by atoms with Crippen molar-refractivity contribution in [2.75, 3.05) is 7.05 Å². The van der Waals surface area contributed by atoms with Crippen LogP contribution in [0.15, 0.2) is 71.2 Å². The molecule has 3 aromatic rings. The highest BCUT2D eigenvalue weighted by molar-refractivity contribution is 9.10. The van der Waals surface area contributed by atoms with Crippen molar-refractivity contribution in [1.29, 1.82) is 0 Å². The third-order valence-corrected chi connectivity index (χ3v) is 4.07. The molecule has 1 atom stereocenters. The van der Waals surface area contributed by atoms with Crippen LogP contribution in [0.25, 0.3) is 10.8 Å². The number of benzene rings is 3. The Bertz CT molecular complexity index is 722. The molecule has 0 bridgehead atoms. The first-order chi connectivity index (χ1) is 9.78. The Morgan fingerprint density at radius 1 is 0.800 bits per heavy atom. The van der Waals surface area contributed by atoms with E-state index in [-0.39, 0.29) is 6.04 Å². The minimum absolute atomic E-state index is 0.226. The van der Waals surface area contributed by atoms with Crippen molar-refractivity contribution in [2.45, 2.75) is 6.04 Å². The van der Waals surface area contributed by atoms with Gasteiger partial charge < -0.3 is 5.32 Å². The van der Waals surface area contributed by atoms with Crippen molar-refractivity contribution in [1.82, 2.24) is 5.32 Å². The zero-order valence-corrected chi connectivity index (χ0v) is 12.9. The monoisotopic (exact) mass is 325 g/mol. The molecular formula is C18H16BrN. The van der Waals surface area contributed by atoms with E-state index in [1.165, 1.54) is 21.9 Å². The summed E-state index contributed by atoms with van der Waals surface area (Å²) in [6, 6.07) is 23.8. The molecular weight excluding hydrogens is 310 g/mol. The average Bonchev–Trinajstić information content (AvgIpc) is 2.49. The molecule has 0 saturated carbocycles. The van der Waals surface area contributed by atoms with Gasteiger partial charge >= 0.3 is 0 Å². The summed E-state index contributed by atoms with van der Waals surface area (Å²) < 4.78 is 1.12. The Labute approximate surface area is 127 Å². The van der Waals surface area contributed by atoms with Crippen molar-refractivity contribution >= 4 is 26.7 Å². The molecule has 0 aliphatic heterocycles. The second-order valence-corrected chi connectivity index (χ2v) is 5.80. The predicted octanol–water partition coefficient (Wildman–Crippen LogP) is 4.91. The fraction of sp³-hybridized carbons (Fsp3) is 0.111. The summed E-state index contributed by atoms with van der Waals surface area (Å²) in [7, 11) is 2.00. The van der Waals surface area contributed by atoms with E-state index in [0.717, 1.165) is 4.47 Å². The Morgan fingerprint density at radius 2 is 1.50 bits per heavy atom. The first kappa shape index (κ1) is 13.3. The van der Waals surface area contributed by atoms with Crippen molar-refractivity contribution in [3.05, 3.63) is 82.3 Å². The van der Waals surface area contributed by atoms with Gasteiger partial charge in [0.2, 0.25) is 0 Å². The summed E-state index contributed by atoms with van der Waals surface area (Å²) in [4.78, 5) is 0. The van der Waals surface area contributed by atoms with E-state index in [9.17, 15) is 0 Å². The molecule has 0 heterocycles. The van der Waals surface area contributed by atoms with Gasteiger partial charge in [-0.05, 0) is 47.1 Å². The van der Waals surface area contributed by atoms with E-state index in [4.69, 9.17) is 0 Å². The lowest BCUT2D eigenvalue weighted by Crippen LogP contribution is -2.17. The quantitative estimate of drug-likeness (QED) is 0.721. The van der Waals surface area contributed by atoms with Crippen LogP contribution < -0.4 is 5.32 Å². The summed E-state index contributed by atoms with van der Waals surface area (Å²) in [5, 5.41) is 5.92. The summed E-state index contributed by atoms with van der Waals surface area (Å²) in [6.07, 6.45) is 0. The minimum Gasteiger partial charge on any atom is -0.309 e. The Morgan fingerprint density at radius 3 is 2.25 bits per heavy atom. The van der Waals surface area contributed by atoms with Crippen LogP contribution in [0.1, 0.15) is 17.2 Å². The van der Waals surface area contributed by atoms with Crippen LogP contribution in [0.2, 0.25) is 0 Å². The molecule has 0 saturated heterocycles. The van der Waals surface area contributed by atoms with Gasteiger partial charge in [-0.25, -0.2) is 0 Å². The third kappa shape index (κ3) is 2.62. The third-order valence-electron chi connectivity index (χ3n) is 3.58. The van der Waals surface area contributed by atoms with Gasteiger partial charge in [-0.3, -0.25) is 0 Å². The van der Waals surface area contributed by atoms with Gasteiger partial charge in [-0.2, -0.15) is 0 Å². The molecule has 1 nitrogen and oxygen atoms in total. The van der Waals surface area contributed by atoms with Gasteiger partial charge in [0.15, 0.2) is 0 Å². The highest BCUT2D eigenvalue weighted by Crippen LogP contribution is 2.26. The maximum Gasteiger partial charge on any atom is 0.0574 e. The van der Waals surface area contributed by atoms with Crippen molar-refractivity contribution < 1.29 is 0 Å². The zero-order valence-electron chi connectivity index (χ0n) is 11.3. The number of halogens is 1. The van der Waals surface area contributed by atoms with Gasteiger partial charge in [0.05, 0.1) is 6.04 Å². The molecule has 1 N–H and O–H groups in total. The lowest BCUT2D eigenvalue weighted by Gasteiger charge is -2.18. The molecule has 100 valence electrons. The first-order valence-electron chi connectivity index (χ1n) is 6.69. The molecule has 0 fully saturated rings. The lowest BCUT2D eigenvalue weighted by molar-refractivity contribution is 0.693. The van der Waals surface area contributed by atoms with E-state index in [1.807, 2.05) is 13.1 Å². The normalized spacial score (nSPS) is 12.5. The van der Waals surface area contributed by atoms with E-state index >= 15 is 0 Å². The Hall–Kier alpha value is -1.64. The molecule has 0 aliphatic rings. The van der Waals surface area contributed by atoms with Crippen LogP contribution in [-0.2, 0) is 0 Å². The average molecular weight is 326 g/mol. The van der Waals surface area contributed by atoms with Gasteiger partial charge in [0, 0.05) is 4.47 Å². The van der Waals surface area contributed by atoms with Gasteiger partial charge in [0.25, 0.3) is 0 Å². The number of fused-ring (bicyclic) bond motifs is 1. The highest BCUT2D eigenvalue weighted by Gasteiger charge is 2.11. The smallest absolute Gasteiger partial charge is 0.0574 e. The molecule has 0 amide bonds.